The van der Waals surface area contributed by atoms with E-state index in [1.54, 1.807) is 18.6 Å². The van der Waals surface area contributed by atoms with E-state index in [1.807, 2.05) is 30.3 Å². The summed E-state index contributed by atoms with van der Waals surface area (Å²) in [7, 11) is 0. The van der Waals surface area contributed by atoms with E-state index in [-0.39, 0.29) is 0 Å². The molecule has 0 unspecified atom stereocenters. The highest BCUT2D eigenvalue weighted by Gasteiger charge is 2.09. The lowest BCUT2D eigenvalue weighted by molar-refractivity contribution is 0.581. The van der Waals surface area contributed by atoms with Crippen molar-refractivity contribution in [2.45, 2.75) is 6.54 Å². The number of benzene rings is 1. The van der Waals surface area contributed by atoms with Crippen LogP contribution in [0.4, 0.5) is 6.01 Å². The number of H-pyrrole nitrogens is 1. The summed E-state index contributed by atoms with van der Waals surface area (Å²) in [4.78, 5) is 3.96. The molecule has 0 fully saturated rings. The van der Waals surface area contributed by atoms with Gasteiger partial charge in [-0.1, -0.05) is 23.3 Å². The van der Waals surface area contributed by atoms with Crippen molar-refractivity contribution in [2.75, 3.05) is 5.32 Å². The molecule has 22 heavy (non-hydrogen) atoms. The van der Waals surface area contributed by atoms with Crippen LogP contribution in [-0.4, -0.2) is 25.4 Å². The number of pyridine rings is 1. The molecule has 0 saturated heterocycles. The van der Waals surface area contributed by atoms with Crippen LogP contribution < -0.4 is 5.32 Å². The fraction of sp³-hybridized carbons (Fsp3) is 0.0667. The molecule has 7 heteroatoms. The van der Waals surface area contributed by atoms with E-state index in [4.69, 9.17) is 4.42 Å². The van der Waals surface area contributed by atoms with Crippen molar-refractivity contribution in [3.8, 4) is 11.5 Å². The minimum atomic E-state index is 0.378. The van der Waals surface area contributed by atoms with Gasteiger partial charge in [-0.25, -0.2) is 0 Å². The molecular weight excluding hydrogens is 280 g/mol. The number of hydrogen-bond acceptors (Lipinski definition) is 6. The normalized spacial score (nSPS) is 10.9. The van der Waals surface area contributed by atoms with Crippen molar-refractivity contribution >= 4 is 16.9 Å². The van der Waals surface area contributed by atoms with Crippen LogP contribution >= 0.6 is 0 Å². The van der Waals surface area contributed by atoms with E-state index in [0.29, 0.717) is 18.5 Å². The quantitative estimate of drug-likeness (QED) is 0.600. The standard InChI is InChI=1S/C15H12N6O/c1-2-11(13-12(3-1)9-18-19-13)8-17-15-21-20-14(22-15)10-4-6-16-7-5-10/h1-7,9H,8H2,(H,17,21)(H,18,19). The maximum Gasteiger partial charge on any atom is 0.316 e. The summed E-state index contributed by atoms with van der Waals surface area (Å²) < 4.78 is 5.60. The molecule has 0 amide bonds. The molecule has 0 aliphatic rings. The molecule has 0 bridgehead atoms. The molecule has 0 aliphatic heterocycles. The third kappa shape index (κ3) is 2.28. The molecule has 1 aromatic carbocycles. The van der Waals surface area contributed by atoms with Crippen LogP contribution in [0.1, 0.15) is 5.56 Å². The molecule has 0 aliphatic carbocycles. The Labute approximate surface area is 125 Å². The van der Waals surface area contributed by atoms with Crippen LogP contribution in [0.5, 0.6) is 0 Å². The van der Waals surface area contributed by atoms with E-state index in [2.05, 4.69) is 30.7 Å². The number of hydrogen-bond donors (Lipinski definition) is 2. The SMILES string of the molecule is c1cc(CNc2nnc(-c3ccncc3)o2)c2[nH]ncc2c1. The number of para-hydroxylation sites is 1. The summed E-state index contributed by atoms with van der Waals surface area (Å²) in [6, 6.07) is 10.0. The molecule has 3 heterocycles. The number of rotatable bonds is 4. The van der Waals surface area contributed by atoms with E-state index in [1.165, 1.54) is 0 Å². The molecule has 0 radical (unpaired) electrons. The molecule has 0 saturated carbocycles. The van der Waals surface area contributed by atoms with E-state index < -0.39 is 0 Å². The summed E-state index contributed by atoms with van der Waals surface area (Å²) >= 11 is 0. The maximum atomic E-state index is 5.60. The molecule has 3 aromatic heterocycles. The smallest absolute Gasteiger partial charge is 0.316 e. The third-order valence-electron chi connectivity index (χ3n) is 3.35. The molecule has 4 aromatic rings. The van der Waals surface area contributed by atoms with E-state index >= 15 is 0 Å². The first kappa shape index (κ1) is 12.5. The zero-order valence-corrected chi connectivity index (χ0v) is 11.5. The molecule has 2 N–H and O–H groups in total. The van der Waals surface area contributed by atoms with Gasteiger partial charge in [0.25, 0.3) is 0 Å². The lowest BCUT2D eigenvalue weighted by Gasteiger charge is -2.02. The topological polar surface area (TPSA) is 92.5 Å². The van der Waals surface area contributed by atoms with Gasteiger partial charge >= 0.3 is 6.01 Å². The largest absolute Gasteiger partial charge is 0.403 e. The van der Waals surface area contributed by atoms with Crippen LogP contribution in [-0.2, 0) is 6.54 Å². The Bertz CT molecular complexity index is 898. The first-order chi connectivity index (χ1) is 10.9. The predicted octanol–water partition coefficient (Wildman–Crippen LogP) is 2.62. The van der Waals surface area contributed by atoms with Gasteiger partial charge in [0.2, 0.25) is 5.89 Å². The monoisotopic (exact) mass is 292 g/mol. The zero-order chi connectivity index (χ0) is 14.8. The molecule has 7 nitrogen and oxygen atoms in total. The van der Waals surface area contributed by atoms with Crippen LogP contribution in [0.3, 0.4) is 0 Å². The summed E-state index contributed by atoms with van der Waals surface area (Å²) in [5, 5.41) is 19.3. The molecule has 108 valence electrons. The van der Waals surface area contributed by atoms with Crippen LogP contribution in [0.25, 0.3) is 22.4 Å². The van der Waals surface area contributed by atoms with Gasteiger partial charge in [-0.05, 0) is 17.7 Å². The van der Waals surface area contributed by atoms with Gasteiger partial charge in [0.1, 0.15) is 0 Å². The minimum Gasteiger partial charge on any atom is -0.403 e. The summed E-state index contributed by atoms with van der Waals surface area (Å²) in [6.45, 7) is 0.567. The van der Waals surface area contributed by atoms with Gasteiger partial charge < -0.3 is 9.73 Å². The van der Waals surface area contributed by atoms with Crippen molar-refractivity contribution in [3.63, 3.8) is 0 Å². The average Bonchev–Trinajstić information content (AvgIpc) is 3.23. The fourth-order valence-corrected chi connectivity index (χ4v) is 2.25. The van der Waals surface area contributed by atoms with Crippen molar-refractivity contribution < 1.29 is 4.42 Å². The number of fused-ring (bicyclic) bond motifs is 1. The summed E-state index contributed by atoms with van der Waals surface area (Å²) in [5.74, 6) is 0.463. The van der Waals surface area contributed by atoms with Crippen LogP contribution in [0.2, 0.25) is 0 Å². The Morgan fingerprint density at radius 3 is 2.91 bits per heavy atom. The Morgan fingerprint density at radius 2 is 2.00 bits per heavy atom. The van der Waals surface area contributed by atoms with Gasteiger partial charge in [-0.3, -0.25) is 10.1 Å². The fourth-order valence-electron chi connectivity index (χ4n) is 2.25. The van der Waals surface area contributed by atoms with Gasteiger partial charge in [0, 0.05) is 29.9 Å². The molecule has 4 rings (SSSR count). The maximum absolute atomic E-state index is 5.60. The van der Waals surface area contributed by atoms with E-state index in [0.717, 1.165) is 22.0 Å². The van der Waals surface area contributed by atoms with Crippen molar-refractivity contribution in [1.29, 1.82) is 0 Å². The highest BCUT2D eigenvalue weighted by atomic mass is 16.4. The number of nitrogens with one attached hydrogen (secondary N) is 2. The number of nitrogens with zero attached hydrogens (tertiary/aromatic N) is 4. The second-order valence-corrected chi connectivity index (χ2v) is 4.75. The second-order valence-electron chi connectivity index (χ2n) is 4.75. The number of anilines is 1. The highest BCUT2D eigenvalue weighted by Crippen LogP contribution is 2.20. The first-order valence-corrected chi connectivity index (χ1v) is 6.79. The Kier molecular flexibility index (Phi) is 3.01. The Hall–Kier alpha value is -3.22. The van der Waals surface area contributed by atoms with E-state index in [9.17, 15) is 0 Å². The first-order valence-electron chi connectivity index (χ1n) is 6.79. The predicted molar refractivity (Wildman–Crippen MR) is 80.9 cm³/mol. The number of aromatic amines is 1. The lowest BCUT2D eigenvalue weighted by Crippen LogP contribution is -2.00. The van der Waals surface area contributed by atoms with Gasteiger partial charge in [-0.15, -0.1) is 5.10 Å². The summed E-state index contributed by atoms with van der Waals surface area (Å²) in [6.07, 6.45) is 5.17. The van der Waals surface area contributed by atoms with Crippen molar-refractivity contribution in [1.82, 2.24) is 25.4 Å². The minimum absolute atomic E-state index is 0.378. The van der Waals surface area contributed by atoms with Gasteiger partial charge in [0.15, 0.2) is 0 Å². The molecular formula is C15H12N6O. The van der Waals surface area contributed by atoms with Crippen LogP contribution in [0.15, 0.2) is 53.3 Å². The summed E-state index contributed by atoms with van der Waals surface area (Å²) in [5.41, 5.74) is 2.92. The average molecular weight is 292 g/mol. The molecule has 0 atom stereocenters. The second kappa shape index (κ2) is 5.28. The third-order valence-corrected chi connectivity index (χ3v) is 3.35. The Morgan fingerprint density at radius 1 is 1.09 bits per heavy atom. The molecule has 0 spiro atoms. The van der Waals surface area contributed by atoms with Crippen LogP contribution in [0, 0.1) is 0 Å². The van der Waals surface area contributed by atoms with Crippen molar-refractivity contribution in [2.24, 2.45) is 0 Å². The van der Waals surface area contributed by atoms with Gasteiger partial charge in [0.05, 0.1) is 11.7 Å². The zero-order valence-electron chi connectivity index (χ0n) is 11.5. The van der Waals surface area contributed by atoms with Crippen molar-refractivity contribution in [3.05, 3.63) is 54.5 Å². The Balaban J connectivity index is 1.53. The lowest BCUT2D eigenvalue weighted by atomic mass is 10.1. The number of aromatic nitrogens is 5. The highest BCUT2D eigenvalue weighted by molar-refractivity contribution is 5.81. The van der Waals surface area contributed by atoms with Gasteiger partial charge in [-0.2, -0.15) is 5.10 Å².